The minimum absolute atomic E-state index is 0.272. The third-order valence-electron chi connectivity index (χ3n) is 4.91. The van der Waals surface area contributed by atoms with Crippen LogP contribution in [0.25, 0.3) is 44.6 Å². The van der Waals surface area contributed by atoms with Gasteiger partial charge >= 0.3 is 0 Å². The predicted molar refractivity (Wildman–Crippen MR) is 124 cm³/mol. The molecule has 0 saturated heterocycles. The molecule has 0 spiro atoms. The number of benzene rings is 2. The van der Waals surface area contributed by atoms with Crippen LogP contribution in [0.15, 0.2) is 71.7 Å². The molecule has 5 rings (SSSR count). The molecule has 0 aliphatic heterocycles. The molecule has 0 saturated carbocycles. The lowest BCUT2D eigenvalue weighted by Gasteiger charge is -2.12. The van der Waals surface area contributed by atoms with Crippen molar-refractivity contribution < 1.29 is 0 Å². The molecule has 3 heterocycles. The highest BCUT2D eigenvalue weighted by Crippen LogP contribution is 2.34. The summed E-state index contributed by atoms with van der Waals surface area (Å²) >= 11 is 6.55. The molecule has 0 aliphatic carbocycles. The Morgan fingerprint density at radius 1 is 0.903 bits per heavy atom. The zero-order valence-corrected chi connectivity index (χ0v) is 17.2. The zero-order chi connectivity index (χ0) is 21.4. The van der Waals surface area contributed by atoms with Crippen LogP contribution in [-0.2, 0) is 0 Å². The van der Waals surface area contributed by atoms with Crippen LogP contribution >= 0.6 is 11.6 Å². The van der Waals surface area contributed by atoms with Crippen molar-refractivity contribution in [1.29, 1.82) is 0 Å². The van der Waals surface area contributed by atoms with Crippen LogP contribution in [-0.4, -0.2) is 19.9 Å². The van der Waals surface area contributed by atoms with Gasteiger partial charge in [-0.1, -0.05) is 53.9 Å². The first kappa shape index (κ1) is 19.0. The number of H-pyrrole nitrogens is 1. The van der Waals surface area contributed by atoms with E-state index in [2.05, 4.69) is 21.8 Å². The quantitative estimate of drug-likeness (QED) is 0.395. The minimum atomic E-state index is -0.272. The topological polar surface area (TPSA) is 71.5 Å². The number of pyridine rings is 2. The zero-order valence-electron chi connectivity index (χ0n) is 16.5. The molecule has 0 aliphatic rings. The fourth-order valence-corrected chi connectivity index (χ4v) is 3.85. The van der Waals surface area contributed by atoms with Gasteiger partial charge in [-0.15, -0.1) is 5.92 Å². The van der Waals surface area contributed by atoms with Crippen LogP contribution in [0.1, 0.15) is 12.5 Å². The van der Waals surface area contributed by atoms with Gasteiger partial charge in [0, 0.05) is 28.8 Å². The number of hydrogen-bond acceptors (Lipinski definition) is 4. The Hall–Kier alpha value is -4.01. The highest BCUT2D eigenvalue weighted by Gasteiger charge is 2.17. The van der Waals surface area contributed by atoms with Crippen LogP contribution in [0.2, 0.25) is 5.02 Å². The summed E-state index contributed by atoms with van der Waals surface area (Å²) in [6.07, 6.45) is 1.71. The van der Waals surface area contributed by atoms with Crippen molar-refractivity contribution in [1.82, 2.24) is 19.9 Å². The molecule has 6 heteroatoms. The lowest BCUT2D eigenvalue weighted by atomic mass is 10.0. The van der Waals surface area contributed by atoms with Gasteiger partial charge in [0.25, 0.3) is 5.56 Å². The number of halogens is 1. The molecular weight excluding hydrogens is 408 g/mol. The number of nitrogens with one attached hydrogen (secondary N) is 1. The number of aromatic amines is 1. The number of aromatic nitrogens is 4. The number of rotatable bonds is 2. The predicted octanol–water partition coefficient (Wildman–Crippen LogP) is 5.23. The molecule has 5 aromatic rings. The van der Waals surface area contributed by atoms with Crippen molar-refractivity contribution >= 4 is 33.7 Å². The Labute approximate surface area is 182 Å². The smallest absolute Gasteiger partial charge is 0.250 e. The maximum Gasteiger partial charge on any atom is 0.250 e. The standard InChI is InChI=1S/C25H15ClN4O/c1-2-7-16-14-20(31)28-25-24(16)29-23(22(30-25)15-8-4-3-5-9-15)18-12-17-10-6-11-27-21(17)19(26)13-18/h3-6,8-14H,1H3,(H,28,30,31). The highest BCUT2D eigenvalue weighted by atomic mass is 35.5. The van der Waals surface area contributed by atoms with Gasteiger partial charge in [0.1, 0.15) is 5.52 Å². The minimum Gasteiger partial charge on any atom is -0.305 e. The Kier molecular flexibility index (Phi) is 4.70. The van der Waals surface area contributed by atoms with E-state index < -0.39 is 0 Å². The van der Waals surface area contributed by atoms with Gasteiger partial charge < -0.3 is 4.98 Å². The van der Waals surface area contributed by atoms with Crippen molar-refractivity contribution in [3.8, 4) is 34.4 Å². The number of nitrogens with zero attached hydrogens (tertiary/aromatic N) is 3. The second-order valence-electron chi connectivity index (χ2n) is 6.94. The Morgan fingerprint density at radius 3 is 2.52 bits per heavy atom. The van der Waals surface area contributed by atoms with Crippen LogP contribution in [0.3, 0.4) is 0 Å². The van der Waals surface area contributed by atoms with E-state index in [-0.39, 0.29) is 5.56 Å². The van der Waals surface area contributed by atoms with Gasteiger partial charge in [0.15, 0.2) is 5.65 Å². The molecular formula is C25H15ClN4O. The maximum atomic E-state index is 12.2. The first-order valence-electron chi connectivity index (χ1n) is 9.62. The van der Waals surface area contributed by atoms with Gasteiger partial charge in [0.2, 0.25) is 0 Å². The molecule has 3 aromatic heterocycles. The molecule has 5 nitrogen and oxygen atoms in total. The summed E-state index contributed by atoms with van der Waals surface area (Å²) in [5.74, 6) is 5.80. The van der Waals surface area contributed by atoms with Gasteiger partial charge in [0.05, 0.1) is 27.5 Å². The number of hydrogen-bond donors (Lipinski definition) is 1. The molecule has 0 amide bonds. The molecule has 0 atom stereocenters. The van der Waals surface area contributed by atoms with Crippen molar-refractivity contribution in [2.24, 2.45) is 0 Å². The Bertz CT molecular complexity index is 1580. The van der Waals surface area contributed by atoms with E-state index >= 15 is 0 Å². The first-order valence-corrected chi connectivity index (χ1v) is 10.00. The van der Waals surface area contributed by atoms with Crippen molar-refractivity contribution in [3.63, 3.8) is 0 Å². The van der Waals surface area contributed by atoms with Crippen LogP contribution < -0.4 is 5.56 Å². The average molecular weight is 423 g/mol. The fourth-order valence-electron chi connectivity index (χ4n) is 3.58. The van der Waals surface area contributed by atoms with Gasteiger partial charge in [-0.2, -0.15) is 0 Å². The summed E-state index contributed by atoms with van der Waals surface area (Å²) < 4.78 is 0. The van der Waals surface area contributed by atoms with Crippen molar-refractivity contribution in [2.75, 3.05) is 0 Å². The van der Waals surface area contributed by atoms with Crippen molar-refractivity contribution in [2.45, 2.75) is 6.92 Å². The second kappa shape index (κ2) is 7.67. The van der Waals surface area contributed by atoms with E-state index in [9.17, 15) is 4.79 Å². The van der Waals surface area contributed by atoms with E-state index in [0.29, 0.717) is 33.1 Å². The average Bonchev–Trinajstić information content (AvgIpc) is 2.79. The highest BCUT2D eigenvalue weighted by molar-refractivity contribution is 6.35. The molecule has 0 bridgehead atoms. The van der Waals surface area contributed by atoms with E-state index in [1.54, 1.807) is 13.1 Å². The van der Waals surface area contributed by atoms with E-state index in [1.807, 2.05) is 54.6 Å². The van der Waals surface area contributed by atoms with Crippen LogP contribution in [0, 0.1) is 11.8 Å². The van der Waals surface area contributed by atoms with E-state index in [1.165, 1.54) is 6.07 Å². The molecule has 31 heavy (non-hydrogen) atoms. The summed E-state index contributed by atoms with van der Waals surface area (Å²) in [4.78, 5) is 29.0. The van der Waals surface area contributed by atoms with Gasteiger partial charge in [-0.25, -0.2) is 9.97 Å². The fraction of sp³-hybridized carbons (Fsp3) is 0.0400. The molecule has 148 valence electrons. The summed E-state index contributed by atoms with van der Waals surface area (Å²) in [6.45, 7) is 1.72. The SMILES string of the molecule is CC#Cc1cc(=O)[nH]c2nc(-c3ccccc3)c(-c3cc(Cl)c4ncccc4c3)nc12. The number of fused-ring (bicyclic) bond motifs is 2. The van der Waals surface area contributed by atoms with Gasteiger partial charge in [-0.3, -0.25) is 9.78 Å². The normalized spacial score (nSPS) is 10.8. The van der Waals surface area contributed by atoms with Crippen LogP contribution in [0.5, 0.6) is 0 Å². The Morgan fingerprint density at radius 2 is 1.71 bits per heavy atom. The first-order chi connectivity index (χ1) is 15.1. The maximum absolute atomic E-state index is 12.2. The molecule has 0 radical (unpaired) electrons. The summed E-state index contributed by atoms with van der Waals surface area (Å²) in [5.41, 5.74) is 4.89. The van der Waals surface area contributed by atoms with Gasteiger partial charge in [-0.05, 0) is 25.1 Å². The largest absolute Gasteiger partial charge is 0.305 e. The van der Waals surface area contributed by atoms with E-state index in [4.69, 9.17) is 21.6 Å². The summed E-state index contributed by atoms with van der Waals surface area (Å²) in [6, 6.07) is 18.8. The molecule has 2 aromatic carbocycles. The second-order valence-corrected chi connectivity index (χ2v) is 7.35. The van der Waals surface area contributed by atoms with Crippen molar-refractivity contribution in [3.05, 3.63) is 87.8 Å². The van der Waals surface area contributed by atoms with E-state index in [0.717, 1.165) is 22.0 Å². The third kappa shape index (κ3) is 3.43. The summed E-state index contributed by atoms with van der Waals surface area (Å²) in [7, 11) is 0. The third-order valence-corrected chi connectivity index (χ3v) is 5.19. The molecule has 0 fully saturated rings. The summed E-state index contributed by atoms with van der Waals surface area (Å²) in [5, 5.41) is 1.44. The molecule has 1 N–H and O–H groups in total. The molecule has 0 unspecified atom stereocenters. The lowest BCUT2D eigenvalue weighted by Crippen LogP contribution is -2.09. The van der Waals surface area contributed by atoms with Crippen LogP contribution in [0.4, 0.5) is 0 Å². The Balaban J connectivity index is 1.89. The monoisotopic (exact) mass is 422 g/mol. The lowest BCUT2D eigenvalue weighted by molar-refractivity contribution is 1.19.